The third kappa shape index (κ3) is 3.50. The van der Waals surface area contributed by atoms with Crippen LogP contribution in [0.1, 0.15) is 12.6 Å². The minimum Gasteiger partial charge on any atom is -0.480 e. The molecule has 1 fully saturated rings. The minimum absolute atomic E-state index is 0.00900. The van der Waals surface area contributed by atoms with E-state index in [1.807, 2.05) is 6.92 Å². The zero-order chi connectivity index (χ0) is 13.8. The molecule has 2 rings (SSSR count). The lowest BCUT2D eigenvalue weighted by Crippen LogP contribution is -2.34. The molecule has 1 aromatic heterocycles. The van der Waals surface area contributed by atoms with E-state index < -0.39 is 5.97 Å². The highest BCUT2D eigenvalue weighted by atomic mass is 16.4. The highest BCUT2D eigenvalue weighted by molar-refractivity contribution is 5.79. The summed E-state index contributed by atoms with van der Waals surface area (Å²) in [6, 6.07) is 0. The topological polar surface area (TPSA) is 109 Å². The van der Waals surface area contributed by atoms with Crippen LogP contribution in [-0.2, 0) is 22.7 Å². The van der Waals surface area contributed by atoms with Crippen LogP contribution in [0, 0.1) is 11.8 Å². The Bertz CT molecular complexity index is 473. The first-order valence-electron chi connectivity index (χ1n) is 6.15. The number of aromatic nitrogens is 3. The number of hydrogen-bond donors (Lipinski definition) is 3. The lowest BCUT2D eigenvalue weighted by Gasteiger charge is -2.13. The summed E-state index contributed by atoms with van der Waals surface area (Å²) in [5.41, 5.74) is 0.549. The average Bonchev–Trinajstić information content (AvgIpc) is 2.94. The summed E-state index contributed by atoms with van der Waals surface area (Å²) in [6.45, 7) is 3.62. The Hall–Kier alpha value is -1.96. The van der Waals surface area contributed by atoms with Crippen LogP contribution in [0.3, 0.4) is 0 Å². The Kier molecular flexibility index (Phi) is 4.10. The van der Waals surface area contributed by atoms with Crippen LogP contribution >= 0.6 is 0 Å². The second-order valence-electron chi connectivity index (χ2n) is 4.76. The summed E-state index contributed by atoms with van der Waals surface area (Å²) < 4.78 is 1.23. The molecule has 104 valence electrons. The van der Waals surface area contributed by atoms with Gasteiger partial charge in [-0.15, -0.1) is 5.10 Å². The quantitative estimate of drug-likeness (QED) is 0.620. The molecule has 0 aromatic carbocycles. The molecule has 8 heteroatoms. The lowest BCUT2D eigenvalue weighted by molar-refractivity contribution is -0.138. The smallest absolute Gasteiger partial charge is 0.325 e. The number of carbonyl (C=O) groups is 2. The van der Waals surface area contributed by atoms with Crippen LogP contribution in [0.4, 0.5) is 0 Å². The van der Waals surface area contributed by atoms with E-state index in [1.165, 1.54) is 10.9 Å². The molecule has 0 spiro atoms. The number of hydrogen-bond acceptors (Lipinski definition) is 5. The van der Waals surface area contributed by atoms with Gasteiger partial charge in [-0.2, -0.15) is 0 Å². The number of nitrogens with one attached hydrogen (secondary N) is 2. The molecule has 8 nitrogen and oxygen atoms in total. The van der Waals surface area contributed by atoms with E-state index >= 15 is 0 Å². The van der Waals surface area contributed by atoms with E-state index in [0.717, 1.165) is 6.54 Å². The van der Waals surface area contributed by atoms with Gasteiger partial charge in [-0.25, -0.2) is 4.68 Å². The van der Waals surface area contributed by atoms with Crippen molar-refractivity contribution < 1.29 is 14.7 Å². The summed E-state index contributed by atoms with van der Waals surface area (Å²) >= 11 is 0. The molecule has 1 aliphatic rings. The number of carboxylic acid groups (broad SMARTS) is 1. The second-order valence-corrected chi connectivity index (χ2v) is 4.76. The van der Waals surface area contributed by atoms with Crippen LogP contribution in [0.5, 0.6) is 0 Å². The molecule has 3 N–H and O–H groups in total. The molecule has 0 radical (unpaired) electrons. The summed E-state index contributed by atoms with van der Waals surface area (Å²) in [4.78, 5) is 22.4. The van der Waals surface area contributed by atoms with Gasteiger partial charge in [0.05, 0.1) is 18.7 Å². The standard InChI is InChI=1S/C11H17N5O3/c1-7-2-12-4-9(7)11(19)13-3-8-5-16(15-14-8)6-10(17)18/h5,7,9,12H,2-4,6H2,1H3,(H,13,19)(H,17,18)/t7-,9-/m1/s1. The molecule has 2 atom stereocenters. The molecule has 0 unspecified atom stereocenters. The van der Waals surface area contributed by atoms with Crippen molar-refractivity contribution in [2.24, 2.45) is 11.8 Å². The van der Waals surface area contributed by atoms with E-state index in [2.05, 4.69) is 20.9 Å². The maximum atomic E-state index is 11.9. The van der Waals surface area contributed by atoms with Gasteiger partial charge in [-0.05, 0) is 12.5 Å². The third-order valence-corrected chi connectivity index (χ3v) is 3.18. The average molecular weight is 267 g/mol. The van der Waals surface area contributed by atoms with Crippen molar-refractivity contribution in [2.45, 2.75) is 20.0 Å². The molecule has 1 saturated heterocycles. The van der Waals surface area contributed by atoms with Crippen LogP contribution in [0.15, 0.2) is 6.20 Å². The first-order chi connectivity index (χ1) is 9.06. The van der Waals surface area contributed by atoms with Gasteiger partial charge in [0.1, 0.15) is 12.2 Å². The van der Waals surface area contributed by atoms with Crippen LogP contribution in [-0.4, -0.2) is 45.1 Å². The molecule has 19 heavy (non-hydrogen) atoms. The Labute approximate surface area is 110 Å². The van der Waals surface area contributed by atoms with Gasteiger partial charge in [0, 0.05) is 6.54 Å². The van der Waals surface area contributed by atoms with E-state index in [1.54, 1.807) is 0 Å². The van der Waals surface area contributed by atoms with Gasteiger partial charge in [0.2, 0.25) is 5.91 Å². The Morgan fingerprint density at radius 2 is 2.37 bits per heavy atom. The van der Waals surface area contributed by atoms with Crippen molar-refractivity contribution in [3.63, 3.8) is 0 Å². The largest absolute Gasteiger partial charge is 0.480 e. The number of carbonyl (C=O) groups excluding carboxylic acids is 1. The molecule has 1 amide bonds. The highest BCUT2D eigenvalue weighted by Gasteiger charge is 2.29. The van der Waals surface area contributed by atoms with Gasteiger partial charge in [0.25, 0.3) is 0 Å². The van der Waals surface area contributed by atoms with Gasteiger partial charge in [-0.3, -0.25) is 9.59 Å². The summed E-state index contributed by atoms with van der Waals surface area (Å²) in [7, 11) is 0. The minimum atomic E-state index is -0.980. The summed E-state index contributed by atoms with van der Waals surface area (Å²) in [6.07, 6.45) is 1.52. The third-order valence-electron chi connectivity index (χ3n) is 3.18. The first kappa shape index (κ1) is 13.5. The Balaban J connectivity index is 1.83. The van der Waals surface area contributed by atoms with E-state index in [-0.39, 0.29) is 24.9 Å². The van der Waals surface area contributed by atoms with Crippen molar-refractivity contribution in [1.29, 1.82) is 0 Å². The molecular formula is C11H17N5O3. The van der Waals surface area contributed by atoms with Crippen LogP contribution in [0.2, 0.25) is 0 Å². The van der Waals surface area contributed by atoms with Crippen LogP contribution < -0.4 is 10.6 Å². The van der Waals surface area contributed by atoms with Crippen molar-refractivity contribution in [3.8, 4) is 0 Å². The van der Waals surface area contributed by atoms with E-state index in [9.17, 15) is 9.59 Å². The summed E-state index contributed by atoms with van der Waals surface area (Å²) in [5, 5.41) is 22.0. The first-order valence-corrected chi connectivity index (χ1v) is 6.15. The Morgan fingerprint density at radius 1 is 1.58 bits per heavy atom. The van der Waals surface area contributed by atoms with Gasteiger partial charge in [0.15, 0.2) is 0 Å². The van der Waals surface area contributed by atoms with Gasteiger partial charge < -0.3 is 15.7 Å². The van der Waals surface area contributed by atoms with Crippen LogP contribution in [0.25, 0.3) is 0 Å². The SMILES string of the molecule is C[C@@H]1CNC[C@H]1C(=O)NCc1cn(CC(=O)O)nn1. The fourth-order valence-electron chi connectivity index (χ4n) is 2.11. The maximum Gasteiger partial charge on any atom is 0.325 e. The predicted octanol–water partition coefficient (Wildman–Crippen LogP) is -1.17. The molecule has 1 aliphatic heterocycles. The number of aliphatic carboxylic acids is 1. The zero-order valence-electron chi connectivity index (χ0n) is 10.7. The molecule has 0 bridgehead atoms. The normalized spacial score (nSPS) is 22.4. The van der Waals surface area contributed by atoms with Crippen molar-refractivity contribution >= 4 is 11.9 Å². The summed E-state index contributed by atoms with van der Waals surface area (Å²) in [5.74, 6) is -0.687. The second kappa shape index (κ2) is 5.79. The lowest BCUT2D eigenvalue weighted by atomic mass is 9.97. The predicted molar refractivity (Wildman–Crippen MR) is 65.0 cm³/mol. The zero-order valence-corrected chi connectivity index (χ0v) is 10.7. The molecule has 0 saturated carbocycles. The molecule has 1 aromatic rings. The highest BCUT2D eigenvalue weighted by Crippen LogP contribution is 2.15. The molecular weight excluding hydrogens is 250 g/mol. The van der Waals surface area contributed by atoms with E-state index in [4.69, 9.17) is 5.11 Å². The number of amides is 1. The fraction of sp³-hybridized carbons (Fsp3) is 0.636. The fourth-order valence-corrected chi connectivity index (χ4v) is 2.11. The molecule has 0 aliphatic carbocycles. The van der Waals surface area contributed by atoms with E-state index in [0.29, 0.717) is 18.2 Å². The van der Waals surface area contributed by atoms with Crippen molar-refractivity contribution in [2.75, 3.05) is 13.1 Å². The Morgan fingerprint density at radius 3 is 3.00 bits per heavy atom. The van der Waals surface area contributed by atoms with Gasteiger partial charge >= 0.3 is 5.97 Å². The van der Waals surface area contributed by atoms with Crippen molar-refractivity contribution in [1.82, 2.24) is 25.6 Å². The number of carboxylic acids is 1. The maximum absolute atomic E-state index is 11.9. The van der Waals surface area contributed by atoms with Gasteiger partial charge in [-0.1, -0.05) is 12.1 Å². The van der Waals surface area contributed by atoms with Crippen molar-refractivity contribution in [3.05, 3.63) is 11.9 Å². The number of rotatable bonds is 5. The molecule has 2 heterocycles. The number of nitrogens with zero attached hydrogens (tertiary/aromatic N) is 3. The monoisotopic (exact) mass is 267 g/mol.